The Morgan fingerprint density at radius 2 is 1.96 bits per heavy atom. The second kappa shape index (κ2) is 11.0. The smallest absolute Gasteiger partial charge is 0.365 e. The summed E-state index contributed by atoms with van der Waals surface area (Å²) in [6.07, 6.45) is 2.70. The Kier molecular flexibility index (Phi) is 9.81. The van der Waals surface area contributed by atoms with Gasteiger partial charge in [-0.2, -0.15) is 0 Å². The Morgan fingerprint density at radius 1 is 1.25 bits per heavy atom. The molecule has 1 fully saturated rings. The molecule has 1 saturated heterocycles. The van der Waals surface area contributed by atoms with E-state index in [1.807, 2.05) is 13.8 Å². The van der Waals surface area contributed by atoms with Crippen LogP contribution in [0.5, 0.6) is 0 Å². The number of ether oxygens (including phenoxy) is 4. The molecule has 0 aromatic heterocycles. The van der Waals surface area contributed by atoms with Crippen LogP contribution >= 0.6 is 0 Å². The molecule has 24 heavy (non-hydrogen) atoms. The predicted molar refractivity (Wildman–Crippen MR) is 91.5 cm³/mol. The van der Waals surface area contributed by atoms with Gasteiger partial charge in [0.05, 0.1) is 12.2 Å². The van der Waals surface area contributed by atoms with E-state index in [2.05, 4.69) is 19.6 Å². The van der Waals surface area contributed by atoms with Crippen molar-refractivity contribution < 1.29 is 29.5 Å². The first-order valence-electron chi connectivity index (χ1n) is 9.14. The van der Waals surface area contributed by atoms with E-state index in [0.717, 1.165) is 25.7 Å². The van der Waals surface area contributed by atoms with E-state index in [1.165, 1.54) is 0 Å². The largest absolute Gasteiger partial charge is 0.455 e. The SMILES string of the molecule is COC(C)CCO[C@H]1[C@H](C)OC(=O)[C@@H]([NH3+])CCC[C@@H]1OCC(C)C. The van der Waals surface area contributed by atoms with Gasteiger partial charge in [-0.05, 0) is 39.0 Å². The van der Waals surface area contributed by atoms with E-state index < -0.39 is 0 Å². The Bertz CT molecular complexity index is 363. The summed E-state index contributed by atoms with van der Waals surface area (Å²) in [6, 6.07) is -0.314. The van der Waals surface area contributed by atoms with E-state index in [4.69, 9.17) is 18.9 Å². The molecule has 0 amide bonds. The van der Waals surface area contributed by atoms with Gasteiger partial charge in [0, 0.05) is 26.7 Å². The van der Waals surface area contributed by atoms with Crippen LogP contribution in [0.1, 0.15) is 53.4 Å². The maximum Gasteiger partial charge on any atom is 0.365 e. The van der Waals surface area contributed by atoms with Crippen LogP contribution in [-0.4, -0.2) is 56.8 Å². The van der Waals surface area contributed by atoms with Crippen molar-refractivity contribution >= 4 is 5.97 Å². The second-order valence-corrected chi connectivity index (χ2v) is 7.21. The highest BCUT2D eigenvalue weighted by atomic mass is 16.6. The van der Waals surface area contributed by atoms with Crippen LogP contribution in [0.25, 0.3) is 0 Å². The number of cyclic esters (lactones) is 1. The molecule has 6 heteroatoms. The number of rotatable bonds is 8. The number of carbonyl (C=O) groups excluding carboxylic acids is 1. The fourth-order valence-electron chi connectivity index (χ4n) is 2.72. The average molecular weight is 346 g/mol. The summed E-state index contributed by atoms with van der Waals surface area (Å²) in [4.78, 5) is 12.1. The lowest BCUT2D eigenvalue weighted by molar-refractivity contribution is -0.410. The van der Waals surface area contributed by atoms with E-state index in [1.54, 1.807) is 7.11 Å². The minimum absolute atomic E-state index is 0.0710. The third-order valence-electron chi connectivity index (χ3n) is 4.39. The van der Waals surface area contributed by atoms with Gasteiger partial charge in [0.1, 0.15) is 12.2 Å². The van der Waals surface area contributed by atoms with Gasteiger partial charge in [0.15, 0.2) is 6.04 Å². The summed E-state index contributed by atoms with van der Waals surface area (Å²) >= 11 is 0. The van der Waals surface area contributed by atoms with Crippen molar-refractivity contribution in [3.05, 3.63) is 0 Å². The molecular weight excluding hydrogens is 310 g/mol. The molecule has 0 radical (unpaired) electrons. The van der Waals surface area contributed by atoms with Gasteiger partial charge in [-0.25, -0.2) is 4.79 Å². The van der Waals surface area contributed by atoms with Crippen molar-refractivity contribution in [2.24, 2.45) is 5.92 Å². The normalized spacial score (nSPS) is 30.4. The van der Waals surface area contributed by atoms with Crippen molar-refractivity contribution in [2.45, 2.75) is 83.8 Å². The molecule has 0 aromatic rings. The van der Waals surface area contributed by atoms with E-state index >= 15 is 0 Å². The fourth-order valence-corrected chi connectivity index (χ4v) is 2.72. The highest BCUT2D eigenvalue weighted by molar-refractivity contribution is 5.74. The van der Waals surface area contributed by atoms with Gasteiger partial charge in [-0.3, -0.25) is 0 Å². The fraction of sp³-hybridized carbons (Fsp3) is 0.944. The monoisotopic (exact) mass is 346 g/mol. The lowest BCUT2D eigenvalue weighted by Crippen LogP contribution is -2.65. The molecule has 1 aliphatic heterocycles. The molecule has 1 unspecified atom stereocenters. The van der Waals surface area contributed by atoms with Crippen LogP contribution < -0.4 is 5.73 Å². The lowest BCUT2D eigenvalue weighted by atomic mass is 10.0. The Labute approximate surface area is 146 Å². The first kappa shape index (κ1) is 21.4. The third-order valence-corrected chi connectivity index (χ3v) is 4.39. The Balaban J connectivity index is 2.76. The van der Waals surface area contributed by atoms with E-state index in [9.17, 15) is 4.79 Å². The van der Waals surface area contributed by atoms with Crippen LogP contribution in [0.2, 0.25) is 0 Å². The molecule has 3 N–H and O–H groups in total. The number of esters is 1. The molecule has 0 aliphatic carbocycles. The third kappa shape index (κ3) is 7.47. The molecule has 6 nitrogen and oxygen atoms in total. The molecule has 142 valence electrons. The minimum atomic E-state index is -0.352. The van der Waals surface area contributed by atoms with Gasteiger partial charge in [0.2, 0.25) is 0 Å². The maximum atomic E-state index is 12.1. The molecule has 0 aromatic carbocycles. The van der Waals surface area contributed by atoms with Crippen molar-refractivity contribution in [3.8, 4) is 0 Å². The van der Waals surface area contributed by atoms with Gasteiger partial charge in [-0.15, -0.1) is 0 Å². The molecular formula is C18H36NO5+. The van der Waals surface area contributed by atoms with Crippen LogP contribution in [0.3, 0.4) is 0 Å². The molecule has 1 aliphatic rings. The maximum absolute atomic E-state index is 12.1. The molecule has 1 heterocycles. The zero-order valence-electron chi connectivity index (χ0n) is 16.0. The van der Waals surface area contributed by atoms with E-state index in [0.29, 0.717) is 19.1 Å². The van der Waals surface area contributed by atoms with Crippen molar-refractivity contribution in [1.29, 1.82) is 0 Å². The van der Waals surface area contributed by atoms with Crippen molar-refractivity contribution in [3.63, 3.8) is 0 Å². The quantitative estimate of drug-likeness (QED) is 0.675. The first-order chi connectivity index (χ1) is 11.3. The zero-order valence-corrected chi connectivity index (χ0v) is 16.0. The van der Waals surface area contributed by atoms with Crippen LogP contribution in [-0.2, 0) is 23.7 Å². The summed E-state index contributed by atoms with van der Waals surface area (Å²) in [6.45, 7) is 9.37. The topological polar surface area (TPSA) is 81.6 Å². The van der Waals surface area contributed by atoms with Crippen LogP contribution in [0.4, 0.5) is 0 Å². The highest BCUT2D eigenvalue weighted by Gasteiger charge is 2.35. The van der Waals surface area contributed by atoms with Gasteiger partial charge >= 0.3 is 5.97 Å². The van der Waals surface area contributed by atoms with E-state index in [-0.39, 0.29) is 36.4 Å². The Hall–Kier alpha value is -0.690. The number of carbonyl (C=O) groups is 1. The summed E-state index contributed by atoms with van der Waals surface area (Å²) in [7, 11) is 1.69. The summed E-state index contributed by atoms with van der Waals surface area (Å²) in [5.74, 6) is 0.205. The molecule has 1 rings (SSSR count). The lowest BCUT2D eigenvalue weighted by Gasteiger charge is -2.31. The molecule has 0 bridgehead atoms. The van der Waals surface area contributed by atoms with Gasteiger partial charge in [-0.1, -0.05) is 13.8 Å². The second-order valence-electron chi connectivity index (χ2n) is 7.21. The predicted octanol–water partition coefficient (Wildman–Crippen LogP) is 1.56. The summed E-state index contributed by atoms with van der Waals surface area (Å²) in [5, 5.41) is 0. The zero-order chi connectivity index (χ0) is 18.1. The standard InChI is InChI=1S/C18H35NO5/c1-12(2)11-23-16-8-6-7-15(19)18(20)24-14(4)17(16)22-10-9-13(3)21-5/h12-17H,6-11,19H2,1-5H3/p+1/t13?,14-,15-,16-,17-/m0/s1. The number of quaternary nitrogens is 1. The molecule has 0 spiro atoms. The van der Waals surface area contributed by atoms with Crippen LogP contribution in [0, 0.1) is 5.92 Å². The van der Waals surface area contributed by atoms with Gasteiger partial charge < -0.3 is 24.7 Å². The molecule has 5 atom stereocenters. The number of hydrogen-bond donors (Lipinski definition) is 1. The van der Waals surface area contributed by atoms with Crippen LogP contribution in [0.15, 0.2) is 0 Å². The van der Waals surface area contributed by atoms with Crippen molar-refractivity contribution in [2.75, 3.05) is 20.3 Å². The summed E-state index contributed by atoms with van der Waals surface area (Å²) in [5.41, 5.74) is 3.90. The number of hydrogen-bond acceptors (Lipinski definition) is 5. The minimum Gasteiger partial charge on any atom is -0.455 e. The van der Waals surface area contributed by atoms with Crippen molar-refractivity contribution in [1.82, 2.24) is 0 Å². The molecule has 0 saturated carbocycles. The van der Waals surface area contributed by atoms with Gasteiger partial charge in [0.25, 0.3) is 0 Å². The first-order valence-corrected chi connectivity index (χ1v) is 9.14. The number of methoxy groups -OCH3 is 1. The average Bonchev–Trinajstić information content (AvgIpc) is 2.57. The highest BCUT2D eigenvalue weighted by Crippen LogP contribution is 2.22. The Morgan fingerprint density at radius 3 is 2.58 bits per heavy atom. The summed E-state index contributed by atoms with van der Waals surface area (Å²) < 4.78 is 23.0.